The minimum Gasteiger partial charge on any atom is -0.509 e. The average molecular weight is 671 g/mol. The molecular formula is C36H51B2N5O6. The number of phenols is 1. The SMILES string of the molecule is Bc1cc(C[C@@H](OC(=O)N2CCC(N3CCc4ccccc4NC3=O)CC2)C(=O)N2CCC(N3CCC(O)(CC)CC3)CC2)cc(B)c1O. The molecule has 4 heterocycles. The van der Waals surface area contributed by atoms with Gasteiger partial charge in [-0.2, -0.15) is 0 Å². The first kappa shape index (κ1) is 35.1. The van der Waals surface area contributed by atoms with Crippen LogP contribution < -0.4 is 16.2 Å². The van der Waals surface area contributed by atoms with Gasteiger partial charge in [-0.25, -0.2) is 9.59 Å². The lowest BCUT2D eigenvalue weighted by Gasteiger charge is -2.44. The number of rotatable bonds is 7. The number of amides is 4. The Morgan fingerprint density at radius 1 is 0.939 bits per heavy atom. The molecule has 3 fully saturated rings. The Morgan fingerprint density at radius 3 is 2.20 bits per heavy atom. The number of hydrogen-bond acceptors (Lipinski definition) is 7. The number of nitrogens with zero attached hydrogens (tertiary/aromatic N) is 4. The lowest BCUT2D eigenvalue weighted by Crippen LogP contribution is -2.54. The summed E-state index contributed by atoms with van der Waals surface area (Å²) >= 11 is 0. The average Bonchev–Trinajstić information content (AvgIpc) is 3.28. The van der Waals surface area contributed by atoms with Crippen LogP contribution >= 0.6 is 0 Å². The predicted molar refractivity (Wildman–Crippen MR) is 195 cm³/mol. The van der Waals surface area contributed by atoms with E-state index in [4.69, 9.17) is 4.74 Å². The quantitative estimate of drug-likeness (QED) is 0.371. The van der Waals surface area contributed by atoms with E-state index in [-0.39, 0.29) is 30.2 Å². The molecule has 4 amide bonds. The lowest BCUT2D eigenvalue weighted by atomic mass is 9.83. The van der Waals surface area contributed by atoms with E-state index in [0.717, 1.165) is 68.4 Å². The number of fused-ring (bicyclic) bond motifs is 1. The third-order valence-corrected chi connectivity index (χ3v) is 11.5. The van der Waals surface area contributed by atoms with Gasteiger partial charge in [0.2, 0.25) is 0 Å². The first-order valence-corrected chi connectivity index (χ1v) is 18.2. The van der Waals surface area contributed by atoms with Gasteiger partial charge in [-0.05, 0) is 79.5 Å². The largest absolute Gasteiger partial charge is 0.509 e. The molecule has 0 spiro atoms. The zero-order valence-corrected chi connectivity index (χ0v) is 29.3. The molecule has 1 atom stereocenters. The topological polar surface area (TPSA) is 126 Å². The molecule has 262 valence electrons. The maximum absolute atomic E-state index is 14.1. The zero-order valence-electron chi connectivity index (χ0n) is 29.3. The van der Waals surface area contributed by atoms with Crippen LogP contribution in [0.15, 0.2) is 36.4 Å². The number of urea groups is 1. The predicted octanol–water partition coefficient (Wildman–Crippen LogP) is 0.739. The third kappa shape index (κ3) is 8.04. The number of phenolic OH excluding ortho intramolecular Hbond substituents is 1. The molecule has 11 nitrogen and oxygen atoms in total. The summed E-state index contributed by atoms with van der Waals surface area (Å²) in [7, 11) is 3.66. The fourth-order valence-electron chi connectivity index (χ4n) is 8.17. The lowest BCUT2D eigenvalue weighted by molar-refractivity contribution is -0.142. The molecule has 4 aliphatic rings. The second kappa shape index (κ2) is 15.0. The van der Waals surface area contributed by atoms with Crippen LogP contribution in [0.2, 0.25) is 0 Å². The Kier molecular flexibility index (Phi) is 10.8. The Hall–Kier alpha value is -3.70. The van der Waals surface area contributed by atoms with Gasteiger partial charge in [-0.3, -0.25) is 4.79 Å². The van der Waals surface area contributed by atoms with Crippen LogP contribution in [0.5, 0.6) is 5.75 Å². The fourth-order valence-corrected chi connectivity index (χ4v) is 8.17. The van der Waals surface area contributed by atoms with Gasteiger partial charge in [-0.1, -0.05) is 37.3 Å². The van der Waals surface area contributed by atoms with E-state index in [0.29, 0.717) is 62.5 Å². The molecule has 0 aromatic heterocycles. The van der Waals surface area contributed by atoms with Crippen molar-refractivity contribution in [2.75, 3.05) is 51.1 Å². The van der Waals surface area contributed by atoms with E-state index in [2.05, 4.69) is 10.2 Å². The van der Waals surface area contributed by atoms with Crippen molar-refractivity contribution in [2.45, 2.75) is 88.5 Å². The number of aliphatic hydroxyl groups is 1. The molecule has 0 aliphatic carbocycles. The number of anilines is 1. The number of likely N-dealkylation sites (tertiary alicyclic amines) is 3. The molecule has 0 bridgehead atoms. The number of nitrogens with one attached hydrogen (secondary N) is 1. The van der Waals surface area contributed by atoms with E-state index in [1.165, 1.54) is 0 Å². The number of piperidine rings is 3. The Labute approximate surface area is 291 Å². The zero-order chi connectivity index (χ0) is 34.7. The summed E-state index contributed by atoms with van der Waals surface area (Å²) in [5, 5.41) is 24.1. The second-order valence-electron chi connectivity index (χ2n) is 14.6. The summed E-state index contributed by atoms with van der Waals surface area (Å²) < 4.78 is 6.06. The van der Waals surface area contributed by atoms with E-state index < -0.39 is 17.8 Å². The summed E-state index contributed by atoms with van der Waals surface area (Å²) in [5.41, 5.74) is 3.68. The molecule has 0 radical (unpaired) electrons. The van der Waals surface area contributed by atoms with Crippen LogP contribution in [0.4, 0.5) is 15.3 Å². The molecule has 3 saturated heterocycles. The van der Waals surface area contributed by atoms with Crippen LogP contribution in [-0.4, -0.2) is 133 Å². The molecule has 0 unspecified atom stereocenters. The van der Waals surface area contributed by atoms with Crippen molar-refractivity contribution >= 4 is 50.3 Å². The summed E-state index contributed by atoms with van der Waals surface area (Å²) in [6.07, 6.45) is 4.78. The standard InChI is InChI=1S/C36H51B2N5O6/c1-2-36(48)12-19-40(20-13-36)26-8-14-41(15-9-26)33(45)31(23-24-21-28(37)32(44)29(38)22-24)49-35(47)42-16-10-27(11-17-42)43-18-7-25-5-3-4-6-30(25)39-34(43)46/h3-6,21-22,26-27,31,44,48H,2,7-20,23,37-38H2,1H3,(H,39,46)/t31-/m1/s1. The number of para-hydroxylation sites is 1. The maximum atomic E-state index is 14.1. The van der Waals surface area contributed by atoms with E-state index >= 15 is 0 Å². The molecule has 6 rings (SSSR count). The highest BCUT2D eigenvalue weighted by molar-refractivity contribution is 6.41. The van der Waals surface area contributed by atoms with Crippen molar-refractivity contribution in [1.29, 1.82) is 0 Å². The smallest absolute Gasteiger partial charge is 0.410 e. The Morgan fingerprint density at radius 2 is 1.55 bits per heavy atom. The highest BCUT2D eigenvalue weighted by Crippen LogP contribution is 2.30. The molecule has 3 N–H and O–H groups in total. The van der Waals surface area contributed by atoms with Gasteiger partial charge < -0.3 is 39.9 Å². The van der Waals surface area contributed by atoms with Gasteiger partial charge in [0.1, 0.15) is 21.4 Å². The van der Waals surface area contributed by atoms with Gasteiger partial charge in [0.05, 0.1) is 5.60 Å². The van der Waals surface area contributed by atoms with Crippen molar-refractivity contribution in [3.05, 3.63) is 47.5 Å². The molecule has 2 aromatic rings. The number of carbonyl (C=O) groups excluding carboxylic acids is 3. The highest BCUT2D eigenvalue weighted by Gasteiger charge is 2.38. The fraction of sp³-hybridized carbons (Fsp3) is 0.583. The van der Waals surface area contributed by atoms with Crippen LogP contribution in [0.25, 0.3) is 0 Å². The van der Waals surface area contributed by atoms with Crippen LogP contribution in [-0.2, 0) is 22.4 Å². The summed E-state index contributed by atoms with van der Waals surface area (Å²) in [6.45, 7) is 6.46. The van der Waals surface area contributed by atoms with Gasteiger partial charge in [-0.15, -0.1) is 0 Å². The van der Waals surface area contributed by atoms with Crippen LogP contribution in [0, 0.1) is 0 Å². The summed E-state index contributed by atoms with van der Waals surface area (Å²) in [6, 6.07) is 11.9. The number of benzene rings is 2. The number of hydrogen-bond donors (Lipinski definition) is 3. The van der Waals surface area contributed by atoms with Gasteiger partial charge in [0.15, 0.2) is 6.10 Å². The minimum atomic E-state index is -0.991. The molecule has 2 aromatic carbocycles. The minimum absolute atomic E-state index is 0.00991. The number of carbonyl (C=O) groups is 3. The van der Waals surface area contributed by atoms with Crippen molar-refractivity contribution in [3.8, 4) is 5.75 Å². The first-order valence-electron chi connectivity index (χ1n) is 18.2. The van der Waals surface area contributed by atoms with E-state index in [9.17, 15) is 24.6 Å². The van der Waals surface area contributed by atoms with Crippen LogP contribution in [0.3, 0.4) is 0 Å². The monoisotopic (exact) mass is 671 g/mol. The van der Waals surface area contributed by atoms with Crippen LogP contribution in [0.1, 0.15) is 63.0 Å². The normalized spacial score (nSPS) is 21.4. The summed E-state index contributed by atoms with van der Waals surface area (Å²) in [4.78, 5) is 48.6. The van der Waals surface area contributed by atoms with Crippen molar-refractivity contribution in [1.82, 2.24) is 19.6 Å². The number of ether oxygens (including phenoxy) is 1. The second-order valence-corrected chi connectivity index (χ2v) is 14.6. The van der Waals surface area contributed by atoms with Crippen molar-refractivity contribution in [2.24, 2.45) is 0 Å². The van der Waals surface area contributed by atoms with Gasteiger partial charge >= 0.3 is 12.1 Å². The molecule has 0 saturated carbocycles. The Balaban J connectivity index is 1.07. The van der Waals surface area contributed by atoms with Crippen molar-refractivity contribution < 1.29 is 29.3 Å². The van der Waals surface area contributed by atoms with E-state index in [1.54, 1.807) is 4.90 Å². The molecule has 49 heavy (non-hydrogen) atoms. The van der Waals surface area contributed by atoms with Crippen molar-refractivity contribution in [3.63, 3.8) is 0 Å². The third-order valence-electron chi connectivity index (χ3n) is 11.5. The highest BCUT2D eigenvalue weighted by atomic mass is 16.6. The molecule has 4 aliphatic heterocycles. The van der Waals surface area contributed by atoms with Gasteiger partial charge in [0, 0.05) is 70.0 Å². The molecule has 13 heteroatoms. The molecular weight excluding hydrogens is 620 g/mol. The van der Waals surface area contributed by atoms with E-state index in [1.807, 2.05) is 68.8 Å². The van der Waals surface area contributed by atoms with Gasteiger partial charge in [0.25, 0.3) is 5.91 Å². The summed E-state index contributed by atoms with van der Waals surface area (Å²) in [5.74, 6) is 0.0375. The number of aromatic hydroxyl groups is 1. The maximum Gasteiger partial charge on any atom is 0.410 e. The first-order chi connectivity index (χ1) is 23.5. The Bertz CT molecular complexity index is 1500.